The van der Waals surface area contributed by atoms with Crippen LogP contribution in [-0.4, -0.2) is 266 Å². The fraction of sp³-hybridized carbons (Fsp3) is 0.800. The van der Waals surface area contributed by atoms with Crippen LogP contribution in [0.15, 0.2) is 52.7 Å². The quantitative estimate of drug-likeness (QED) is 0.0145. The summed E-state index contributed by atoms with van der Waals surface area (Å²) in [4.78, 5) is 42.8. The van der Waals surface area contributed by atoms with Crippen molar-refractivity contribution in [2.24, 2.45) is 16.1 Å². The number of amides is 2. The molecule has 33 nitrogen and oxygen atoms in total. The van der Waals surface area contributed by atoms with Crippen LogP contribution in [0.4, 0.5) is 22.7 Å². The largest absolute Gasteiger partial charge is 0.385 e. The number of benzene rings is 2. The van der Waals surface area contributed by atoms with E-state index in [4.69, 9.17) is 111 Å². The van der Waals surface area contributed by atoms with Crippen LogP contribution in [0.1, 0.15) is 116 Å². The van der Waals surface area contributed by atoms with E-state index in [2.05, 4.69) is 25.8 Å². The van der Waals surface area contributed by atoms with E-state index in [0.29, 0.717) is 56.9 Å². The van der Waals surface area contributed by atoms with E-state index in [-0.39, 0.29) is 43.4 Å². The molecule has 0 bridgehead atoms. The van der Waals surface area contributed by atoms with Crippen molar-refractivity contribution in [3.63, 3.8) is 0 Å². The van der Waals surface area contributed by atoms with E-state index in [1.165, 1.54) is 46.6 Å². The number of nitrogens with zero attached hydrogens (tertiary/aromatic N) is 4. The zero-order valence-electron chi connectivity index (χ0n) is 62.4. The number of carbonyl (C=O) groups excluding carboxylic acids is 2. The molecule has 10 rings (SSSR count). The molecule has 586 valence electrons. The van der Waals surface area contributed by atoms with Gasteiger partial charge in [-0.25, -0.2) is 0 Å². The van der Waals surface area contributed by atoms with Gasteiger partial charge in [0, 0.05) is 79.0 Å². The van der Waals surface area contributed by atoms with Gasteiger partial charge in [-0.2, -0.15) is 5.11 Å². The van der Waals surface area contributed by atoms with Crippen molar-refractivity contribution in [2.75, 3.05) is 85.9 Å². The summed E-state index contributed by atoms with van der Waals surface area (Å²) in [7, 11) is 5.89. The highest BCUT2D eigenvalue weighted by Crippen LogP contribution is 2.45. The normalized spacial score (nSPS) is 32.8. The lowest BCUT2D eigenvalue weighted by molar-refractivity contribution is -0.384. The molecular formula is C70H107ClN6O27. The molecule has 2 aromatic carbocycles. The van der Waals surface area contributed by atoms with Crippen LogP contribution in [0.3, 0.4) is 0 Å². The number of rotatable bonds is 34. The number of unbranched alkanes of at least 4 members (excludes halogenated alkanes) is 2. The molecule has 0 aromatic heterocycles. The van der Waals surface area contributed by atoms with Gasteiger partial charge in [-0.1, -0.05) is 24.4 Å². The van der Waals surface area contributed by atoms with Gasteiger partial charge in [0.1, 0.15) is 109 Å². The second kappa shape index (κ2) is 34.2. The monoisotopic (exact) mass is 1500 g/mol. The van der Waals surface area contributed by atoms with Crippen LogP contribution in [-0.2, 0) is 109 Å². The van der Waals surface area contributed by atoms with Gasteiger partial charge >= 0.3 is 0 Å². The van der Waals surface area contributed by atoms with E-state index in [0.717, 1.165) is 5.69 Å². The second-order valence-electron chi connectivity index (χ2n) is 29.6. The zero-order valence-corrected chi connectivity index (χ0v) is 63.2. The highest BCUT2D eigenvalue weighted by molar-refractivity contribution is 6.33. The van der Waals surface area contributed by atoms with Gasteiger partial charge < -0.3 is 125 Å². The number of methoxy groups -OCH3 is 4. The first-order valence-electron chi connectivity index (χ1n) is 35.6. The number of ether oxygens (including phenoxy) is 21. The average molecular weight is 1500 g/mol. The lowest BCUT2D eigenvalue weighted by Crippen LogP contribution is -2.62. The molecule has 8 aliphatic rings. The number of azo groups is 1. The number of likely N-dealkylation sites (N-methyl/N-ethyl adjacent to an activating group) is 1. The van der Waals surface area contributed by atoms with Crippen molar-refractivity contribution in [1.82, 2.24) is 10.6 Å². The number of nitrogens with one attached hydrogen (secondary N) is 2. The van der Waals surface area contributed by atoms with Crippen molar-refractivity contribution < 1.29 is 124 Å². The number of hydrogen-bond donors (Lipinski definition) is 4. The summed E-state index contributed by atoms with van der Waals surface area (Å²) < 4.78 is 132. The predicted octanol–water partition coefficient (Wildman–Crippen LogP) is 6.48. The number of halogens is 1. The van der Waals surface area contributed by atoms with Crippen LogP contribution in [0.5, 0.6) is 0 Å². The first kappa shape index (κ1) is 82.1. The lowest BCUT2D eigenvalue weighted by Gasteiger charge is -2.43. The van der Waals surface area contributed by atoms with Gasteiger partial charge in [-0.15, -0.1) is 5.11 Å². The number of aliphatic hydroxyl groups is 2. The van der Waals surface area contributed by atoms with E-state index < -0.39 is 180 Å². The number of anilines is 1. The minimum Gasteiger partial charge on any atom is -0.385 e. The Kier molecular flexibility index (Phi) is 27.0. The molecule has 8 heterocycles. The number of hydrogen-bond acceptors (Lipinski definition) is 30. The van der Waals surface area contributed by atoms with Crippen LogP contribution in [0.2, 0.25) is 5.02 Å². The van der Waals surface area contributed by atoms with Crippen molar-refractivity contribution in [2.45, 2.75) is 273 Å². The Bertz CT molecular complexity index is 3060. The Hall–Kier alpha value is -4.45. The molecule has 4 N–H and O–H groups in total. The van der Waals surface area contributed by atoms with E-state index >= 15 is 9.59 Å². The summed E-state index contributed by atoms with van der Waals surface area (Å²) in [6.45, 7) is 24.5. The molecule has 2 aromatic rings. The molecule has 8 aliphatic heterocycles. The summed E-state index contributed by atoms with van der Waals surface area (Å²) in [5, 5.41) is 50.0. The third-order valence-corrected chi connectivity index (χ3v) is 19.4. The van der Waals surface area contributed by atoms with Gasteiger partial charge in [0.15, 0.2) is 59.9 Å². The molecule has 0 unspecified atom stereocenters. The van der Waals surface area contributed by atoms with Crippen molar-refractivity contribution in [3.05, 3.63) is 57.6 Å². The molecule has 18 atom stereocenters. The maximum atomic E-state index is 15.0. The highest BCUT2D eigenvalue weighted by atomic mass is 35.5. The maximum absolute atomic E-state index is 15.0. The number of carbonyl (C=O) groups is 2. The minimum absolute atomic E-state index is 0.0653. The van der Waals surface area contributed by atoms with Gasteiger partial charge in [-0.3, -0.25) is 19.7 Å². The standard InChI is InChI=1S/C70H107ClN6O27/c1-18-76(38-25-23-37(24-26-38)74-75-42-28-27-39(77(82)83)32-41(42)71)29-31-88-30-21-19-20-22-40(59(80)72-33-43-51-53(99-67(6,7)97-51)47(78)61(91-43)93-49(45-35-89-65(2,3)95-45)55-57(63(84-14)85-15)103-69(10,11)101-55)60(81)73-34-44-52-54(100-68(8,9)98-52)48(79)62(92-44)94-50(46-36-90-66(4,5)96-46)56-58(64(86-16)87-17)104-70(12,13)102-56/h23-28,32,40,43-58,61-64,78-79H,18-22,29-31,33-36H2,1-17H3,(H,72,80)(H,73,81)/t43-,44-,45-,46-,47-,48-,49-,50-,51+,52+,53-,54-,55+,56+,57-,58-,61+,62+/m1/s1. The van der Waals surface area contributed by atoms with Crippen LogP contribution in [0, 0.1) is 16.0 Å². The van der Waals surface area contributed by atoms with Crippen molar-refractivity contribution >= 4 is 46.2 Å². The van der Waals surface area contributed by atoms with Crippen molar-refractivity contribution in [1.29, 1.82) is 0 Å². The fourth-order valence-electron chi connectivity index (χ4n) is 14.4. The molecule has 0 aliphatic carbocycles. The van der Waals surface area contributed by atoms with Gasteiger partial charge in [-0.05, 0) is 133 Å². The maximum Gasteiger partial charge on any atom is 0.271 e. The Morgan fingerprint density at radius 3 is 1.47 bits per heavy atom. The zero-order chi connectivity index (χ0) is 75.4. The lowest BCUT2D eigenvalue weighted by atomic mass is 9.96. The first-order chi connectivity index (χ1) is 49.1. The van der Waals surface area contributed by atoms with Crippen LogP contribution < -0.4 is 15.5 Å². The molecule has 0 saturated carbocycles. The average Bonchev–Trinajstić information content (AvgIpc) is 1.59. The SMILES string of the molecule is CCN(CCOCCCCCC(C(=O)NC[C@H]1O[C@@H](O[C@@H]([C@@H]2OC(C)(C)O[C@H]2C(OC)OC)[C@H]2COC(C)(C)O2)[C@H](O)[C@H]2OC(C)(C)O[C@H]21)C(=O)NC[C@H]1O[C@@H](O[C@@H]([C@@H]2OC(C)(C)O[C@H]2C(OC)OC)[C@H]2COC(C)(C)O2)[C@H](O)[C@H]2OC(C)(C)O[C@H]21)c1ccc(N=Nc2ccc([N+](=O)[O-])cc2Cl)cc1. The Balaban J connectivity index is 0.839. The Labute approximate surface area is 611 Å². The topological polar surface area (TPSA) is 364 Å². The number of aliphatic hydroxyl groups excluding tert-OH is 2. The molecule has 0 spiro atoms. The van der Waals surface area contributed by atoms with Gasteiger partial charge in [0.2, 0.25) is 11.8 Å². The number of non-ortho nitro benzene ring substituents is 1. The number of nitro benzene ring substituents is 1. The third-order valence-electron chi connectivity index (χ3n) is 19.1. The molecule has 104 heavy (non-hydrogen) atoms. The van der Waals surface area contributed by atoms with E-state index in [1.807, 2.05) is 19.1 Å². The number of fused-ring (bicyclic) bond motifs is 2. The Morgan fingerprint density at radius 1 is 0.596 bits per heavy atom. The fourth-order valence-corrected chi connectivity index (χ4v) is 14.6. The molecule has 34 heteroatoms. The third kappa shape index (κ3) is 20.1. The van der Waals surface area contributed by atoms with Crippen molar-refractivity contribution in [3.8, 4) is 0 Å². The molecular weight excluding hydrogens is 1390 g/mol. The smallest absolute Gasteiger partial charge is 0.271 e. The van der Waals surface area contributed by atoms with Gasteiger partial charge in [0.25, 0.3) is 5.69 Å². The van der Waals surface area contributed by atoms with Crippen LogP contribution >= 0.6 is 11.6 Å². The summed E-state index contributed by atoms with van der Waals surface area (Å²) in [5.74, 6) is -9.41. The molecule has 0 radical (unpaired) electrons. The second-order valence-corrected chi connectivity index (χ2v) is 30.0. The van der Waals surface area contributed by atoms with E-state index in [9.17, 15) is 20.3 Å². The van der Waals surface area contributed by atoms with Crippen LogP contribution in [0.25, 0.3) is 0 Å². The summed E-state index contributed by atoms with van der Waals surface area (Å²) >= 11 is 6.22. The summed E-state index contributed by atoms with van der Waals surface area (Å²) in [6.07, 6.45) is -19.4. The number of nitro groups is 1. The minimum atomic E-state index is -1.46. The molecule has 8 fully saturated rings. The van der Waals surface area contributed by atoms with E-state index in [1.54, 1.807) is 95.2 Å². The molecule has 2 amide bonds. The predicted molar refractivity (Wildman–Crippen MR) is 365 cm³/mol. The molecule has 8 saturated heterocycles. The first-order valence-corrected chi connectivity index (χ1v) is 35.9. The highest BCUT2D eigenvalue weighted by Gasteiger charge is 2.62. The Morgan fingerprint density at radius 2 is 1.05 bits per heavy atom. The summed E-state index contributed by atoms with van der Waals surface area (Å²) in [5.41, 5.74) is 1.63. The summed E-state index contributed by atoms with van der Waals surface area (Å²) in [6, 6.07) is 11.4. The van der Waals surface area contributed by atoms with Gasteiger partial charge in [0.05, 0.1) is 35.5 Å².